The van der Waals surface area contributed by atoms with E-state index in [9.17, 15) is 0 Å². The number of hydrogen-bond donors (Lipinski definition) is 2. The molecule has 2 nitrogen and oxygen atoms in total. The van der Waals surface area contributed by atoms with Crippen LogP contribution < -0.4 is 5.73 Å². The van der Waals surface area contributed by atoms with Gasteiger partial charge in [0.1, 0.15) is 5.75 Å². The largest absolute Gasteiger partial charge is 0.506 e. The monoisotopic (exact) mass is 215 g/mol. The first-order chi connectivity index (χ1) is 6.74. The van der Waals surface area contributed by atoms with E-state index in [1.165, 1.54) is 0 Å². The lowest BCUT2D eigenvalue weighted by Gasteiger charge is -1.99. The van der Waals surface area contributed by atoms with Crippen molar-refractivity contribution in [1.29, 1.82) is 0 Å². The summed E-state index contributed by atoms with van der Waals surface area (Å²) >= 11 is 1.60. The van der Waals surface area contributed by atoms with E-state index in [0.717, 1.165) is 4.90 Å². The molecule has 3 heteroatoms. The quantitative estimate of drug-likeness (QED) is 0.426. The van der Waals surface area contributed by atoms with Gasteiger partial charge in [-0.1, -0.05) is 27.7 Å². The van der Waals surface area contributed by atoms with E-state index in [0.29, 0.717) is 5.69 Å². The Bertz CT molecular complexity index is 239. The topological polar surface area (TPSA) is 46.2 Å². The minimum Gasteiger partial charge on any atom is -0.506 e. The molecule has 0 amide bonds. The van der Waals surface area contributed by atoms with Crippen molar-refractivity contribution >= 4 is 17.4 Å². The molecule has 0 heterocycles. The summed E-state index contributed by atoms with van der Waals surface area (Å²) in [4.78, 5) is 1.07. The SMILES string of the molecule is CC.CC.CSc1ccc(O)c(N)c1. The molecule has 1 aromatic rings. The average molecular weight is 215 g/mol. The Morgan fingerprint density at radius 1 is 1.14 bits per heavy atom. The number of thioether (sulfide) groups is 1. The zero-order valence-electron chi connectivity index (χ0n) is 9.66. The molecule has 0 unspecified atom stereocenters. The van der Waals surface area contributed by atoms with Crippen molar-refractivity contribution in [3.63, 3.8) is 0 Å². The van der Waals surface area contributed by atoms with Gasteiger partial charge in [-0.2, -0.15) is 0 Å². The molecule has 0 spiro atoms. The maximum atomic E-state index is 9.00. The fourth-order valence-corrected chi connectivity index (χ4v) is 1.11. The molecular formula is C11H21NOS. The summed E-state index contributed by atoms with van der Waals surface area (Å²) in [6.07, 6.45) is 1.96. The zero-order chi connectivity index (χ0) is 11.6. The Kier molecular flexibility index (Phi) is 11.4. The molecule has 14 heavy (non-hydrogen) atoms. The molecule has 3 N–H and O–H groups in total. The van der Waals surface area contributed by atoms with Crippen molar-refractivity contribution in [2.75, 3.05) is 12.0 Å². The second-order valence-corrected chi connectivity index (χ2v) is 2.80. The molecule has 0 atom stereocenters. The summed E-state index contributed by atoms with van der Waals surface area (Å²) < 4.78 is 0. The van der Waals surface area contributed by atoms with Crippen molar-refractivity contribution < 1.29 is 5.11 Å². The summed E-state index contributed by atoms with van der Waals surface area (Å²) in [5, 5.41) is 9.00. The van der Waals surface area contributed by atoms with Crippen molar-refractivity contribution in [3.8, 4) is 5.75 Å². The van der Waals surface area contributed by atoms with Crippen LogP contribution >= 0.6 is 11.8 Å². The zero-order valence-corrected chi connectivity index (χ0v) is 10.5. The third-order valence-electron chi connectivity index (χ3n) is 1.23. The van der Waals surface area contributed by atoms with E-state index < -0.39 is 0 Å². The number of nitrogen functional groups attached to an aromatic ring is 1. The minimum atomic E-state index is 0.151. The first kappa shape index (κ1) is 15.6. The number of benzene rings is 1. The standard InChI is InChI=1S/C7H9NOS.2C2H6/c1-10-5-2-3-7(9)6(8)4-5;2*1-2/h2-4,9H,8H2,1H3;2*1-2H3. The number of rotatable bonds is 1. The second kappa shape index (κ2) is 10.3. The molecule has 0 aliphatic heterocycles. The highest BCUT2D eigenvalue weighted by molar-refractivity contribution is 7.98. The minimum absolute atomic E-state index is 0.151. The van der Waals surface area contributed by atoms with Gasteiger partial charge in [0.15, 0.2) is 0 Å². The number of aromatic hydroxyl groups is 1. The lowest BCUT2D eigenvalue weighted by atomic mass is 10.3. The fraction of sp³-hybridized carbons (Fsp3) is 0.455. The van der Waals surface area contributed by atoms with Crippen molar-refractivity contribution in [2.24, 2.45) is 0 Å². The lowest BCUT2D eigenvalue weighted by Crippen LogP contribution is -1.84. The van der Waals surface area contributed by atoms with Crippen LogP contribution in [0.15, 0.2) is 23.1 Å². The van der Waals surface area contributed by atoms with E-state index in [2.05, 4.69) is 0 Å². The second-order valence-electron chi connectivity index (χ2n) is 1.92. The van der Waals surface area contributed by atoms with Crippen LogP contribution in [0.1, 0.15) is 27.7 Å². The van der Waals surface area contributed by atoms with E-state index in [4.69, 9.17) is 10.8 Å². The normalized spacial score (nSPS) is 7.79. The van der Waals surface area contributed by atoms with Gasteiger partial charge in [0.2, 0.25) is 0 Å². The molecule has 0 radical (unpaired) electrons. The molecule has 0 aromatic heterocycles. The van der Waals surface area contributed by atoms with Gasteiger partial charge in [-0.25, -0.2) is 0 Å². The number of nitrogens with two attached hydrogens (primary N) is 1. The molecule has 0 aliphatic rings. The Labute approximate surface area is 91.5 Å². The molecule has 1 rings (SSSR count). The van der Waals surface area contributed by atoms with Crippen LogP contribution in [0.4, 0.5) is 5.69 Å². The maximum absolute atomic E-state index is 9.00. The van der Waals surface area contributed by atoms with Crippen LogP contribution in [0, 0.1) is 0 Å². The summed E-state index contributed by atoms with van der Waals surface area (Å²) in [7, 11) is 0. The van der Waals surface area contributed by atoms with Crippen LogP contribution in [0.2, 0.25) is 0 Å². The van der Waals surface area contributed by atoms with Crippen molar-refractivity contribution in [1.82, 2.24) is 0 Å². The molecule has 0 aliphatic carbocycles. The van der Waals surface area contributed by atoms with E-state index >= 15 is 0 Å². The van der Waals surface area contributed by atoms with Gasteiger partial charge in [-0.05, 0) is 24.5 Å². The predicted octanol–water partition coefficient (Wildman–Crippen LogP) is 3.75. The molecule has 0 saturated heterocycles. The van der Waals surface area contributed by atoms with Gasteiger partial charge < -0.3 is 10.8 Å². The molecule has 1 aromatic carbocycles. The third-order valence-corrected chi connectivity index (χ3v) is 1.96. The highest BCUT2D eigenvalue weighted by Gasteiger charge is 1.95. The average Bonchev–Trinajstić information content (AvgIpc) is 2.28. The Morgan fingerprint density at radius 2 is 1.64 bits per heavy atom. The van der Waals surface area contributed by atoms with Gasteiger partial charge in [0.25, 0.3) is 0 Å². The summed E-state index contributed by atoms with van der Waals surface area (Å²) in [6, 6.07) is 5.18. The van der Waals surface area contributed by atoms with Crippen LogP contribution in [-0.4, -0.2) is 11.4 Å². The molecule has 0 fully saturated rings. The molecule has 0 bridgehead atoms. The fourth-order valence-electron chi connectivity index (χ4n) is 0.660. The van der Waals surface area contributed by atoms with Gasteiger partial charge in [-0.3, -0.25) is 0 Å². The maximum Gasteiger partial charge on any atom is 0.138 e. The highest BCUT2D eigenvalue weighted by atomic mass is 32.2. The Morgan fingerprint density at radius 3 is 2.00 bits per heavy atom. The number of phenols is 1. The molecule has 82 valence electrons. The van der Waals surface area contributed by atoms with Crippen LogP contribution in [0.25, 0.3) is 0 Å². The molecule has 0 saturated carbocycles. The Hall–Kier alpha value is -0.830. The van der Waals surface area contributed by atoms with Crippen molar-refractivity contribution in [2.45, 2.75) is 32.6 Å². The summed E-state index contributed by atoms with van der Waals surface area (Å²) in [5.74, 6) is 0.151. The first-order valence-electron chi connectivity index (χ1n) is 4.86. The van der Waals surface area contributed by atoms with Gasteiger partial charge in [0.05, 0.1) is 5.69 Å². The van der Waals surface area contributed by atoms with Crippen LogP contribution in [0.3, 0.4) is 0 Å². The molecular weight excluding hydrogens is 194 g/mol. The highest BCUT2D eigenvalue weighted by Crippen LogP contribution is 2.24. The van der Waals surface area contributed by atoms with E-state index in [-0.39, 0.29) is 5.75 Å². The van der Waals surface area contributed by atoms with E-state index in [1.807, 2.05) is 40.0 Å². The number of phenolic OH excluding ortho intramolecular Hbond substituents is 1. The summed E-state index contributed by atoms with van der Waals surface area (Å²) in [6.45, 7) is 8.00. The van der Waals surface area contributed by atoms with Crippen LogP contribution in [0.5, 0.6) is 5.75 Å². The first-order valence-corrected chi connectivity index (χ1v) is 6.09. The number of anilines is 1. The lowest BCUT2D eigenvalue weighted by molar-refractivity contribution is 0.477. The number of hydrogen-bond acceptors (Lipinski definition) is 3. The van der Waals surface area contributed by atoms with Gasteiger partial charge in [0, 0.05) is 4.90 Å². The van der Waals surface area contributed by atoms with Crippen molar-refractivity contribution in [3.05, 3.63) is 18.2 Å². The van der Waals surface area contributed by atoms with Gasteiger partial charge >= 0.3 is 0 Å². The summed E-state index contributed by atoms with van der Waals surface area (Å²) in [5.41, 5.74) is 5.87. The van der Waals surface area contributed by atoms with E-state index in [1.54, 1.807) is 23.9 Å². The van der Waals surface area contributed by atoms with Gasteiger partial charge in [-0.15, -0.1) is 11.8 Å². The Balaban J connectivity index is 0. The third kappa shape index (κ3) is 5.75. The smallest absolute Gasteiger partial charge is 0.138 e. The predicted molar refractivity (Wildman–Crippen MR) is 67.0 cm³/mol. The van der Waals surface area contributed by atoms with Crippen LogP contribution in [-0.2, 0) is 0 Å².